The first-order chi connectivity index (χ1) is 9.08. The quantitative estimate of drug-likeness (QED) is 0.758. The summed E-state index contributed by atoms with van der Waals surface area (Å²) in [5.41, 5.74) is 1.10. The largest absolute Gasteiger partial charge is 0.479 e. The summed E-state index contributed by atoms with van der Waals surface area (Å²) >= 11 is 0. The molecule has 0 aromatic heterocycles. The molecule has 19 heavy (non-hydrogen) atoms. The molecule has 0 bridgehead atoms. The van der Waals surface area contributed by atoms with Gasteiger partial charge in [0.25, 0.3) is 0 Å². The third-order valence-electron chi connectivity index (χ3n) is 2.98. The molecule has 106 valence electrons. The normalized spacial score (nSPS) is 13.8. The van der Waals surface area contributed by atoms with E-state index in [1.165, 1.54) is 0 Å². The summed E-state index contributed by atoms with van der Waals surface area (Å²) in [5, 5.41) is 12.4. The molecule has 4 nitrogen and oxygen atoms in total. The van der Waals surface area contributed by atoms with Crippen LogP contribution in [0.2, 0.25) is 0 Å². The lowest BCUT2D eigenvalue weighted by Gasteiger charge is -2.17. The molecular weight excluding hydrogens is 242 g/mol. The highest BCUT2D eigenvalue weighted by atomic mass is 16.5. The second kappa shape index (κ2) is 7.79. The van der Waals surface area contributed by atoms with Crippen LogP contribution in [-0.4, -0.2) is 23.7 Å². The summed E-state index contributed by atoms with van der Waals surface area (Å²) < 4.78 is 5.49. The Kier molecular flexibility index (Phi) is 6.36. The number of carboxylic acid groups (broad SMARTS) is 1. The Morgan fingerprint density at radius 1 is 1.42 bits per heavy atom. The van der Waals surface area contributed by atoms with Crippen molar-refractivity contribution in [2.24, 2.45) is 0 Å². The number of rotatable bonds is 8. The van der Waals surface area contributed by atoms with Crippen molar-refractivity contribution in [1.82, 2.24) is 5.32 Å². The molecule has 0 radical (unpaired) electrons. The van der Waals surface area contributed by atoms with Crippen molar-refractivity contribution >= 4 is 5.97 Å². The number of hydrogen-bond acceptors (Lipinski definition) is 3. The van der Waals surface area contributed by atoms with Crippen molar-refractivity contribution in [2.75, 3.05) is 6.54 Å². The van der Waals surface area contributed by atoms with Crippen molar-refractivity contribution in [2.45, 2.75) is 45.8 Å². The molecule has 0 heterocycles. The van der Waals surface area contributed by atoms with E-state index >= 15 is 0 Å². The number of ether oxygens (including phenoxy) is 1. The number of nitrogens with one attached hydrogen (secondary N) is 1. The second-order valence-electron chi connectivity index (χ2n) is 4.60. The number of benzene rings is 1. The smallest absolute Gasteiger partial charge is 0.344 e. The SMILES string of the molecule is CCCNC(C)c1cccc(OC(CC)C(=O)O)c1. The van der Waals surface area contributed by atoms with Crippen molar-refractivity contribution in [3.8, 4) is 5.75 Å². The molecule has 1 aromatic carbocycles. The summed E-state index contributed by atoms with van der Waals surface area (Å²) in [7, 11) is 0. The standard InChI is InChI=1S/C15H23NO3/c1-4-9-16-11(3)12-7-6-8-13(10-12)19-14(5-2)15(17)18/h6-8,10-11,14,16H,4-5,9H2,1-3H3,(H,17,18). The van der Waals surface area contributed by atoms with E-state index in [2.05, 4.69) is 19.2 Å². The fourth-order valence-electron chi connectivity index (χ4n) is 1.81. The molecule has 0 saturated heterocycles. The van der Waals surface area contributed by atoms with Crippen LogP contribution in [0.1, 0.15) is 45.2 Å². The van der Waals surface area contributed by atoms with E-state index in [-0.39, 0.29) is 6.04 Å². The van der Waals surface area contributed by atoms with E-state index in [9.17, 15) is 4.79 Å². The van der Waals surface area contributed by atoms with Crippen molar-refractivity contribution in [3.05, 3.63) is 29.8 Å². The zero-order chi connectivity index (χ0) is 14.3. The van der Waals surface area contributed by atoms with Gasteiger partial charge >= 0.3 is 5.97 Å². The number of aliphatic carboxylic acids is 1. The summed E-state index contributed by atoms with van der Waals surface area (Å²) in [6.07, 6.45) is 0.745. The van der Waals surface area contributed by atoms with Crippen LogP contribution in [0.3, 0.4) is 0 Å². The van der Waals surface area contributed by atoms with Crippen molar-refractivity contribution < 1.29 is 14.6 Å². The molecule has 0 aliphatic rings. The minimum absolute atomic E-state index is 0.230. The molecule has 2 atom stereocenters. The molecule has 1 rings (SSSR count). The van der Waals surface area contributed by atoms with Crippen LogP contribution in [-0.2, 0) is 4.79 Å². The lowest BCUT2D eigenvalue weighted by molar-refractivity contribution is -0.145. The third-order valence-corrected chi connectivity index (χ3v) is 2.98. The van der Waals surface area contributed by atoms with E-state index in [0.29, 0.717) is 12.2 Å². The molecular formula is C15H23NO3. The van der Waals surface area contributed by atoms with Gasteiger partial charge in [0, 0.05) is 6.04 Å². The Morgan fingerprint density at radius 3 is 2.74 bits per heavy atom. The van der Waals surface area contributed by atoms with Crippen LogP contribution >= 0.6 is 0 Å². The molecule has 0 saturated carbocycles. The van der Waals surface area contributed by atoms with Gasteiger partial charge in [0.05, 0.1) is 0 Å². The lowest BCUT2D eigenvalue weighted by Crippen LogP contribution is -2.26. The number of carbonyl (C=O) groups is 1. The average molecular weight is 265 g/mol. The van der Waals surface area contributed by atoms with Gasteiger partial charge in [-0.15, -0.1) is 0 Å². The zero-order valence-corrected chi connectivity index (χ0v) is 11.8. The Labute approximate surface area is 114 Å². The van der Waals surface area contributed by atoms with E-state index < -0.39 is 12.1 Å². The fourth-order valence-corrected chi connectivity index (χ4v) is 1.81. The molecule has 1 aromatic rings. The zero-order valence-electron chi connectivity index (χ0n) is 11.8. The Morgan fingerprint density at radius 2 is 2.16 bits per heavy atom. The average Bonchev–Trinajstić information content (AvgIpc) is 2.42. The van der Waals surface area contributed by atoms with Crippen LogP contribution in [0, 0.1) is 0 Å². The van der Waals surface area contributed by atoms with Crippen molar-refractivity contribution in [3.63, 3.8) is 0 Å². The third kappa shape index (κ3) is 4.91. The summed E-state index contributed by atoms with van der Waals surface area (Å²) in [6, 6.07) is 7.83. The lowest BCUT2D eigenvalue weighted by atomic mass is 10.1. The first-order valence-electron chi connectivity index (χ1n) is 6.81. The van der Waals surface area contributed by atoms with Crippen LogP contribution < -0.4 is 10.1 Å². The second-order valence-corrected chi connectivity index (χ2v) is 4.60. The van der Waals surface area contributed by atoms with Gasteiger partial charge in [-0.25, -0.2) is 4.79 Å². The highest BCUT2D eigenvalue weighted by molar-refractivity contribution is 5.72. The monoisotopic (exact) mass is 265 g/mol. The van der Waals surface area contributed by atoms with Gasteiger partial charge in [-0.2, -0.15) is 0 Å². The molecule has 4 heteroatoms. The van der Waals surface area contributed by atoms with E-state index in [1.807, 2.05) is 18.2 Å². The predicted molar refractivity (Wildman–Crippen MR) is 75.5 cm³/mol. The number of hydrogen-bond donors (Lipinski definition) is 2. The van der Waals surface area contributed by atoms with Crippen LogP contribution in [0.15, 0.2) is 24.3 Å². The van der Waals surface area contributed by atoms with E-state index in [1.54, 1.807) is 13.0 Å². The molecule has 2 unspecified atom stereocenters. The van der Waals surface area contributed by atoms with Gasteiger partial charge in [-0.1, -0.05) is 26.0 Å². The Balaban J connectivity index is 2.73. The van der Waals surface area contributed by atoms with Gasteiger partial charge < -0.3 is 15.2 Å². The maximum atomic E-state index is 11.0. The van der Waals surface area contributed by atoms with Gasteiger partial charge in [-0.05, 0) is 44.0 Å². The molecule has 2 N–H and O–H groups in total. The van der Waals surface area contributed by atoms with Gasteiger partial charge in [0.15, 0.2) is 6.10 Å². The minimum Gasteiger partial charge on any atom is -0.479 e. The topological polar surface area (TPSA) is 58.6 Å². The molecule has 0 aliphatic heterocycles. The summed E-state index contributed by atoms with van der Waals surface area (Å²) in [4.78, 5) is 11.0. The Hall–Kier alpha value is -1.55. The van der Waals surface area contributed by atoms with E-state index in [4.69, 9.17) is 9.84 Å². The fraction of sp³-hybridized carbons (Fsp3) is 0.533. The summed E-state index contributed by atoms with van der Waals surface area (Å²) in [5.74, 6) is -0.318. The Bertz CT molecular complexity index is 406. The van der Waals surface area contributed by atoms with Gasteiger partial charge in [0.2, 0.25) is 0 Å². The molecule has 0 amide bonds. The molecule has 0 aliphatic carbocycles. The maximum absolute atomic E-state index is 11.0. The van der Waals surface area contributed by atoms with Crippen LogP contribution in [0.25, 0.3) is 0 Å². The van der Waals surface area contributed by atoms with Crippen molar-refractivity contribution in [1.29, 1.82) is 0 Å². The summed E-state index contributed by atoms with van der Waals surface area (Å²) in [6.45, 7) is 6.97. The highest BCUT2D eigenvalue weighted by Crippen LogP contribution is 2.20. The predicted octanol–water partition coefficient (Wildman–Crippen LogP) is 2.99. The highest BCUT2D eigenvalue weighted by Gasteiger charge is 2.17. The van der Waals surface area contributed by atoms with Gasteiger partial charge in [-0.3, -0.25) is 0 Å². The molecule has 0 spiro atoms. The molecule has 0 fully saturated rings. The van der Waals surface area contributed by atoms with Gasteiger partial charge in [0.1, 0.15) is 5.75 Å². The maximum Gasteiger partial charge on any atom is 0.344 e. The van der Waals surface area contributed by atoms with E-state index in [0.717, 1.165) is 18.5 Å². The number of carboxylic acids is 1. The first kappa shape index (κ1) is 15.5. The first-order valence-corrected chi connectivity index (χ1v) is 6.81. The minimum atomic E-state index is -0.926. The van der Waals surface area contributed by atoms with Crippen LogP contribution in [0.4, 0.5) is 0 Å². The van der Waals surface area contributed by atoms with Crippen LogP contribution in [0.5, 0.6) is 5.75 Å².